The molecular weight excluding hydrogens is 1510 g/mol. The Hall–Kier alpha value is -10.1. The number of nitrogens with two attached hydrogens (primary N) is 8. The van der Waals surface area contributed by atoms with Gasteiger partial charge in [-0.3, -0.25) is 82.7 Å². The van der Waals surface area contributed by atoms with Crippen LogP contribution in [0.25, 0.3) is 0 Å². The molecule has 2 rings (SSSR count). The van der Waals surface area contributed by atoms with Gasteiger partial charge in [-0.15, -0.1) is 0 Å². The molecule has 13 atom stereocenters. The van der Waals surface area contributed by atoms with E-state index in [0.29, 0.717) is 44.9 Å². The number of guanidine groups is 2. The standard InChI is InChI=1S/C73H133N25O18/c1-40(2)37-50(95-66(110)53-26-18-36-98(53)70(114)48(22-10-14-32-77)92-62(106)45(23-15-33-84-72(80)81)90-68(112)58(42(5)6)96-67(111)57(79)41(3)4)63(107)94-51(38-54(78)99)64(108)88-44(20-8-12-30-75)61(105)89-46(27-28-56(101)102)59(103)86-39-55(100)87-43(19-7-11-29-74)60(104)91-47(21-9-13-31-76)69(113)97-35-17-25-52(97)65(109)93-49(71(115)116)24-16-34-85-73(82)83/h40-53,57-58H,7-39,74-77,79H2,1-6H3,(H2,78,99)(H,86,103)(H,87,100)(H,88,108)(H,89,105)(H,90,112)(H,91,104)(H,92,106)(H,93,109)(H,94,107)(H,95,110)(H,96,111)(H,101,102)(H,115,116)(H4,80,81,84)(H4,82,83,85)/t43-,44-,45-,46-,47-,48-,49-,50-,51-,52-,53-,57-,58-/m0/s1. The molecule has 2 fully saturated rings. The minimum absolute atomic E-state index is 0.0279. The van der Waals surface area contributed by atoms with Gasteiger partial charge in [-0.1, -0.05) is 41.5 Å². The van der Waals surface area contributed by atoms with E-state index < -0.39 is 205 Å². The van der Waals surface area contributed by atoms with Crippen molar-refractivity contribution in [3.05, 3.63) is 0 Å². The highest BCUT2D eigenvalue weighted by Crippen LogP contribution is 2.24. The number of rotatable bonds is 58. The molecule has 0 aliphatic carbocycles. The molecule has 43 nitrogen and oxygen atoms in total. The van der Waals surface area contributed by atoms with Crippen LogP contribution in [0.5, 0.6) is 0 Å². The summed E-state index contributed by atoms with van der Waals surface area (Å²) >= 11 is 0. The Morgan fingerprint density at radius 2 is 0.776 bits per heavy atom. The quantitative estimate of drug-likeness (QED) is 0.0153. The average molecular weight is 1650 g/mol. The molecule has 658 valence electrons. The number of hydrogen-bond donors (Lipinski definition) is 25. The van der Waals surface area contributed by atoms with Gasteiger partial charge in [-0.05, 0) is 185 Å². The molecule has 0 spiro atoms. The molecule has 2 heterocycles. The highest BCUT2D eigenvalue weighted by Gasteiger charge is 2.43. The molecule has 33 N–H and O–H groups in total. The van der Waals surface area contributed by atoms with E-state index in [2.05, 4.69) is 69.1 Å². The van der Waals surface area contributed by atoms with Crippen LogP contribution in [0.2, 0.25) is 0 Å². The van der Waals surface area contributed by atoms with Crippen molar-refractivity contribution >= 4 is 107 Å². The molecule has 0 unspecified atom stereocenters. The van der Waals surface area contributed by atoms with Crippen molar-refractivity contribution in [2.24, 2.45) is 63.6 Å². The maximum atomic E-state index is 14.8. The Balaban J connectivity index is 2.44. The molecule has 0 aromatic carbocycles. The minimum Gasteiger partial charge on any atom is -0.481 e. The van der Waals surface area contributed by atoms with Crippen LogP contribution in [0.15, 0.2) is 0 Å². The monoisotopic (exact) mass is 1650 g/mol. The van der Waals surface area contributed by atoms with Gasteiger partial charge in [-0.2, -0.15) is 0 Å². The first-order valence-electron chi connectivity index (χ1n) is 40.2. The highest BCUT2D eigenvalue weighted by molar-refractivity contribution is 6.01. The van der Waals surface area contributed by atoms with Gasteiger partial charge in [0.2, 0.25) is 82.7 Å². The van der Waals surface area contributed by atoms with Gasteiger partial charge >= 0.3 is 11.9 Å². The molecule has 116 heavy (non-hydrogen) atoms. The van der Waals surface area contributed by atoms with Crippen molar-refractivity contribution in [3.63, 3.8) is 0 Å². The molecule has 0 aromatic heterocycles. The van der Waals surface area contributed by atoms with Gasteiger partial charge in [0.1, 0.15) is 72.5 Å². The highest BCUT2D eigenvalue weighted by atomic mass is 16.4. The molecule has 43 heteroatoms. The molecule has 2 saturated heterocycles. The van der Waals surface area contributed by atoms with Crippen LogP contribution in [-0.2, 0) is 76.7 Å². The van der Waals surface area contributed by atoms with E-state index in [1.165, 1.54) is 9.80 Å². The van der Waals surface area contributed by atoms with Crippen molar-refractivity contribution in [1.29, 1.82) is 10.8 Å². The van der Waals surface area contributed by atoms with E-state index in [1.807, 2.05) is 0 Å². The van der Waals surface area contributed by atoms with Crippen molar-refractivity contribution in [3.8, 4) is 0 Å². The molecule has 2 aliphatic heterocycles. The topological polar surface area (TPSA) is 732 Å². The predicted molar refractivity (Wildman–Crippen MR) is 427 cm³/mol. The predicted octanol–water partition coefficient (Wildman–Crippen LogP) is -6.51. The molecule has 0 aromatic rings. The second-order valence-electron chi connectivity index (χ2n) is 30.4. The minimum atomic E-state index is -1.83. The number of carboxylic acids is 2. The van der Waals surface area contributed by atoms with Crippen LogP contribution in [-0.4, -0.2) is 264 Å². The number of carboxylic acid groups (broad SMARTS) is 2. The number of primary amides is 1. The van der Waals surface area contributed by atoms with Crippen LogP contribution >= 0.6 is 0 Å². The van der Waals surface area contributed by atoms with Gasteiger partial charge in [0, 0.05) is 32.6 Å². The number of nitrogens with zero attached hydrogens (tertiary/aromatic N) is 2. The third-order valence-corrected chi connectivity index (χ3v) is 19.5. The number of likely N-dealkylation sites (tertiary alicyclic amines) is 2. The van der Waals surface area contributed by atoms with Crippen LogP contribution in [0.1, 0.15) is 196 Å². The number of carbonyl (C=O) groups is 16. The summed E-state index contributed by atoms with van der Waals surface area (Å²) in [7, 11) is 0. The first kappa shape index (κ1) is 102. The summed E-state index contributed by atoms with van der Waals surface area (Å²) in [5, 5.41) is 68.1. The summed E-state index contributed by atoms with van der Waals surface area (Å²) in [5.41, 5.74) is 45.7. The zero-order valence-corrected chi connectivity index (χ0v) is 68.0. The molecule has 0 radical (unpaired) electrons. The van der Waals surface area contributed by atoms with Crippen LogP contribution in [0.4, 0.5) is 0 Å². The lowest BCUT2D eigenvalue weighted by Gasteiger charge is -2.31. The van der Waals surface area contributed by atoms with Crippen LogP contribution < -0.4 is 115 Å². The number of unbranched alkanes of at least 4 members (excludes halogenated alkanes) is 4. The summed E-state index contributed by atoms with van der Waals surface area (Å²) in [4.78, 5) is 224. The van der Waals surface area contributed by atoms with E-state index in [9.17, 15) is 86.9 Å². The number of aliphatic carboxylic acids is 2. The van der Waals surface area contributed by atoms with Crippen molar-refractivity contribution in [2.45, 2.75) is 274 Å². The summed E-state index contributed by atoms with van der Waals surface area (Å²) in [5.74, 6) is -16.6. The first-order chi connectivity index (χ1) is 54.8. The molecule has 2 aliphatic rings. The summed E-state index contributed by atoms with van der Waals surface area (Å²) in [6.07, 6.45) is 1.55. The summed E-state index contributed by atoms with van der Waals surface area (Å²) < 4.78 is 0. The lowest BCUT2D eigenvalue weighted by atomic mass is 9.99. The van der Waals surface area contributed by atoms with Crippen molar-refractivity contribution < 1.29 is 86.9 Å². The summed E-state index contributed by atoms with van der Waals surface area (Å²) in [6.45, 7) is 10.6. The van der Waals surface area contributed by atoms with Gasteiger partial charge < -0.3 is 135 Å². The Morgan fingerprint density at radius 1 is 0.405 bits per heavy atom. The van der Waals surface area contributed by atoms with E-state index >= 15 is 0 Å². The zero-order chi connectivity index (χ0) is 87.3. The maximum absolute atomic E-state index is 14.8. The van der Waals surface area contributed by atoms with Gasteiger partial charge in [-0.25, -0.2) is 4.79 Å². The SMILES string of the molecule is CC(C)C[C@H](NC(=O)[C@@H]1CCCN1C(=O)[C@H](CCCCN)NC(=O)[C@H](CCCNC(=N)N)NC(=O)[C@@H](NC(=O)[C@@H](N)C(C)C)C(C)C)C(=O)N[C@@H](CC(N)=O)C(=O)N[C@@H](CCCCN)C(=O)N[C@@H](CCC(=O)O)C(=O)NCC(=O)N[C@@H](CCCCN)C(=O)N[C@@H](CCCCN)C(=O)N1CCC[C@H]1C(=O)N[C@@H](CCCNC(=N)N)C(=O)O. The van der Waals surface area contributed by atoms with E-state index in [-0.39, 0.29) is 166 Å². The Kier molecular flexibility index (Phi) is 48.0. The number of amides is 14. The fourth-order valence-corrected chi connectivity index (χ4v) is 13.0. The maximum Gasteiger partial charge on any atom is 0.326 e. The second-order valence-corrected chi connectivity index (χ2v) is 30.4. The molecule has 0 saturated carbocycles. The van der Waals surface area contributed by atoms with Crippen molar-refractivity contribution in [2.75, 3.05) is 58.9 Å². The average Bonchev–Trinajstić information content (AvgIpc) is 1.64. The van der Waals surface area contributed by atoms with Gasteiger partial charge in [0.05, 0.1) is 19.0 Å². The lowest BCUT2D eigenvalue weighted by molar-refractivity contribution is -0.145. The smallest absolute Gasteiger partial charge is 0.326 e. The Morgan fingerprint density at radius 3 is 1.17 bits per heavy atom. The lowest BCUT2D eigenvalue weighted by Crippen LogP contribution is -2.61. The summed E-state index contributed by atoms with van der Waals surface area (Å²) in [6, 6.07) is -17.6. The van der Waals surface area contributed by atoms with Crippen molar-refractivity contribution in [1.82, 2.24) is 78.9 Å². The first-order valence-corrected chi connectivity index (χ1v) is 40.2. The molecule has 0 bridgehead atoms. The Bertz CT molecular complexity index is 3280. The molecule has 14 amide bonds. The fourth-order valence-electron chi connectivity index (χ4n) is 13.0. The van der Waals surface area contributed by atoms with E-state index in [0.717, 1.165) is 0 Å². The Labute approximate surface area is 677 Å². The normalized spacial score (nSPS) is 16.7. The third-order valence-electron chi connectivity index (χ3n) is 19.5. The second kappa shape index (κ2) is 54.7. The van der Waals surface area contributed by atoms with E-state index in [1.54, 1.807) is 41.5 Å². The van der Waals surface area contributed by atoms with Crippen LogP contribution in [0.3, 0.4) is 0 Å². The number of hydrogen-bond acceptors (Lipinski definition) is 23. The number of nitrogens with one attached hydrogen (secondary N) is 15. The van der Waals surface area contributed by atoms with Gasteiger partial charge in [0.25, 0.3) is 0 Å². The largest absolute Gasteiger partial charge is 0.481 e. The van der Waals surface area contributed by atoms with E-state index in [4.69, 9.17) is 56.7 Å². The van der Waals surface area contributed by atoms with Gasteiger partial charge in [0.15, 0.2) is 11.9 Å². The third kappa shape index (κ3) is 38.1. The molecular formula is C73H133N25O18. The van der Waals surface area contributed by atoms with Crippen LogP contribution in [0, 0.1) is 28.6 Å². The number of carbonyl (C=O) groups excluding carboxylic acids is 14. The fraction of sp³-hybridized carbons (Fsp3) is 0.753. The zero-order valence-electron chi connectivity index (χ0n) is 68.0.